The van der Waals surface area contributed by atoms with Gasteiger partial charge in [0.1, 0.15) is 6.29 Å². The van der Waals surface area contributed by atoms with Crippen LogP contribution in [0, 0.1) is 0 Å². The quantitative estimate of drug-likeness (QED) is 0.0247. The second-order valence-electron chi connectivity index (χ2n) is 15.9. The monoisotopic (exact) mass is 1050 g/mol. The molecule has 2 aromatic heterocycles. The molecule has 2 aliphatic heterocycles. The van der Waals surface area contributed by atoms with Crippen molar-refractivity contribution in [2.75, 3.05) is 26.2 Å². The van der Waals surface area contributed by atoms with Crippen LogP contribution in [0.5, 0.6) is 0 Å². The zero-order valence-corrected chi connectivity index (χ0v) is 41.1. The molecule has 4 heterocycles. The van der Waals surface area contributed by atoms with Gasteiger partial charge in [0, 0.05) is 46.2 Å². The number of para-hydroxylation sites is 2. The summed E-state index contributed by atoms with van der Waals surface area (Å²) >= 11 is 12.1. The van der Waals surface area contributed by atoms with Gasteiger partial charge in [-0.3, -0.25) is 34.1 Å². The minimum absolute atomic E-state index is 0. The Kier molecular flexibility index (Phi) is 19.6. The zero-order chi connectivity index (χ0) is 51.7. The maximum Gasteiger partial charge on any atom is 0.417 e. The second-order valence-corrected chi connectivity index (χ2v) is 16.7. The summed E-state index contributed by atoms with van der Waals surface area (Å²) in [6.07, 6.45) is 1.71. The second kappa shape index (κ2) is 24.4. The van der Waals surface area contributed by atoms with Crippen LogP contribution in [0.15, 0.2) is 107 Å². The van der Waals surface area contributed by atoms with E-state index < -0.39 is 72.4 Å². The van der Waals surface area contributed by atoms with E-state index in [1.807, 2.05) is 26.0 Å². The Balaban J connectivity index is 0.000000244. The number of rotatable bonds is 13. The number of aliphatic imine (C=N–C) groups is 1. The number of aldehydes is 1. The van der Waals surface area contributed by atoms with Gasteiger partial charge in [-0.15, -0.1) is 12.4 Å². The summed E-state index contributed by atoms with van der Waals surface area (Å²) < 4.78 is 65.6. The minimum atomic E-state index is -3.08. The molecule has 2 aliphatic rings. The molecule has 0 radical (unpaired) electrons. The van der Waals surface area contributed by atoms with Crippen molar-refractivity contribution in [3.8, 4) is 0 Å². The number of nitrogens with two attached hydrogens (primary N) is 1. The third-order valence-electron chi connectivity index (χ3n) is 10.5. The smallest absolute Gasteiger partial charge is 0.417 e. The number of fused-ring (bicyclic) bond motifs is 2. The van der Waals surface area contributed by atoms with Crippen molar-refractivity contribution in [3.05, 3.63) is 148 Å². The number of carbonyl (C=O) groups is 5. The van der Waals surface area contributed by atoms with Crippen LogP contribution in [0.1, 0.15) is 90.1 Å². The summed E-state index contributed by atoms with van der Waals surface area (Å²) in [5.74, 6) is -10.1. The van der Waals surface area contributed by atoms with E-state index in [4.69, 9.17) is 32.0 Å². The lowest BCUT2D eigenvalue weighted by molar-refractivity contribution is -0.153. The highest BCUT2D eigenvalue weighted by atomic mass is 35.5. The van der Waals surface area contributed by atoms with E-state index in [0.717, 1.165) is 42.7 Å². The Labute approximate surface area is 418 Å². The Morgan fingerprint density at radius 2 is 1.41 bits per heavy atom. The van der Waals surface area contributed by atoms with E-state index >= 15 is 0 Å². The molecule has 1 amide bonds. The van der Waals surface area contributed by atoms with Gasteiger partial charge in [-0.05, 0) is 78.9 Å². The number of oxazole rings is 2. The van der Waals surface area contributed by atoms with Crippen molar-refractivity contribution < 1.29 is 55.1 Å². The number of alkyl halides is 4. The first-order chi connectivity index (χ1) is 33.0. The highest BCUT2D eigenvalue weighted by Gasteiger charge is 2.47. The minimum Gasteiger partial charge on any atom is -0.460 e. The summed E-state index contributed by atoms with van der Waals surface area (Å²) in [5, 5.41) is 1.31. The SMILES string of the molecule is CC(F)(F)CN.CCOC(=O)C(=O)CC(=O)c1cccc2[nH]c(=O)oc12.CCc1cc(C2C3=C(CN=C3c3cccc4[nH]c(=O)oc34)C(=O)N2CC(C)(F)F)ccc1Cl.CCc1cc(C=O)ccc1Cl.Cl. The summed E-state index contributed by atoms with van der Waals surface area (Å²) in [4.78, 5) is 91.9. The Bertz CT molecular complexity index is 3130. The standard InChI is InChI=1S/C24H20ClF2N3O3.C13H11NO6.C9H9ClO.C3H7F2N.ClH/c1-3-12-9-13(7-8-16(12)25)20-18-15(22(31)30(20)11-24(2,26)27)10-28-19(18)14-5-4-6-17-21(14)33-23(32)29-17;1-2-19-12(17)10(16)6-9(15)7-4-3-5-8-11(7)20-13(18)14-8;1-2-8-5-7(6-11)3-4-9(8)10;1-3(4,5)2-6;/h4-9,20H,3,10-11H2,1-2H3,(H,29,32);3-5H,2,6H2,1H3,(H,14,18);3-6H,2H2,1H3;2,6H2,1H3;1H. The van der Waals surface area contributed by atoms with Crippen molar-refractivity contribution >= 4 is 93.2 Å². The first-order valence-corrected chi connectivity index (χ1v) is 22.3. The van der Waals surface area contributed by atoms with Gasteiger partial charge in [-0.2, -0.15) is 0 Å². The molecule has 71 heavy (non-hydrogen) atoms. The van der Waals surface area contributed by atoms with Crippen LogP contribution in [0.2, 0.25) is 10.0 Å². The number of Topliss-reactive ketones (excluding diaryl/α,β-unsaturated/α-hetero) is 2. The first kappa shape index (κ1) is 56.9. The number of ketones is 2. The molecule has 0 fully saturated rings. The van der Waals surface area contributed by atoms with Gasteiger partial charge in [-0.25, -0.2) is 31.9 Å². The highest BCUT2D eigenvalue weighted by molar-refractivity contribution is 6.38. The Morgan fingerprint density at radius 1 is 0.845 bits per heavy atom. The summed E-state index contributed by atoms with van der Waals surface area (Å²) in [7, 11) is 0. The van der Waals surface area contributed by atoms with E-state index in [2.05, 4.69) is 25.4 Å². The number of carbonyl (C=O) groups excluding carboxylic acids is 5. The molecule has 0 aliphatic carbocycles. The van der Waals surface area contributed by atoms with Crippen molar-refractivity contribution in [2.45, 2.75) is 71.8 Å². The number of nitrogens with zero attached hydrogens (tertiary/aromatic N) is 2. The number of hydrogen-bond donors (Lipinski definition) is 3. The van der Waals surface area contributed by atoms with Gasteiger partial charge in [0.2, 0.25) is 5.78 Å². The number of aryl methyl sites for hydroxylation is 2. The molecule has 8 rings (SSSR count). The van der Waals surface area contributed by atoms with E-state index in [0.29, 0.717) is 61.6 Å². The number of halogens is 7. The van der Waals surface area contributed by atoms with Crippen LogP contribution in [-0.4, -0.2) is 88.4 Å². The van der Waals surface area contributed by atoms with Crippen molar-refractivity contribution in [1.82, 2.24) is 14.9 Å². The fourth-order valence-corrected chi connectivity index (χ4v) is 7.79. The van der Waals surface area contributed by atoms with Crippen molar-refractivity contribution in [2.24, 2.45) is 10.7 Å². The summed E-state index contributed by atoms with van der Waals surface area (Å²) in [6.45, 7) is 5.93. The van der Waals surface area contributed by atoms with Crippen LogP contribution in [0.3, 0.4) is 0 Å². The van der Waals surface area contributed by atoms with Gasteiger partial charge in [0.25, 0.3) is 17.8 Å². The molecule has 378 valence electrons. The van der Waals surface area contributed by atoms with Crippen molar-refractivity contribution in [3.63, 3.8) is 0 Å². The normalized spacial score (nSPS) is 14.0. The number of nitrogens with one attached hydrogen (secondary N) is 2. The molecule has 0 spiro atoms. The molecule has 22 heteroatoms. The number of aromatic nitrogens is 2. The van der Waals surface area contributed by atoms with Gasteiger partial charge in [0.05, 0.1) is 61.0 Å². The van der Waals surface area contributed by atoms with Gasteiger partial charge in [-0.1, -0.05) is 67.4 Å². The molecule has 1 unspecified atom stereocenters. The topological polar surface area (TPSA) is 228 Å². The average Bonchev–Trinajstić information content (AvgIpc) is 4.09. The van der Waals surface area contributed by atoms with E-state index in [1.165, 1.54) is 17.0 Å². The lowest BCUT2D eigenvalue weighted by Crippen LogP contribution is -2.40. The van der Waals surface area contributed by atoms with Gasteiger partial charge in [0.15, 0.2) is 16.9 Å². The molecule has 0 saturated heterocycles. The maximum atomic E-state index is 14.1. The fourth-order valence-electron chi connectivity index (χ4n) is 7.29. The molecule has 4 aromatic carbocycles. The third kappa shape index (κ3) is 14.2. The number of hydrogen-bond acceptors (Lipinski definition) is 12. The van der Waals surface area contributed by atoms with Gasteiger partial charge < -0.3 is 24.2 Å². The molecule has 0 saturated carbocycles. The van der Waals surface area contributed by atoms with E-state index in [9.17, 15) is 51.1 Å². The molecule has 4 N–H and O–H groups in total. The molecule has 0 bridgehead atoms. The summed E-state index contributed by atoms with van der Waals surface area (Å²) in [5.41, 5.74) is 11.0. The maximum absolute atomic E-state index is 14.1. The van der Waals surface area contributed by atoms with Crippen LogP contribution in [0.25, 0.3) is 22.2 Å². The number of esters is 1. The van der Waals surface area contributed by atoms with Crippen LogP contribution < -0.4 is 17.2 Å². The molecule has 15 nitrogen and oxygen atoms in total. The number of aromatic amines is 2. The largest absolute Gasteiger partial charge is 0.460 e. The number of amides is 1. The van der Waals surface area contributed by atoms with Crippen LogP contribution in [0.4, 0.5) is 17.6 Å². The summed E-state index contributed by atoms with van der Waals surface area (Å²) in [6, 6.07) is 19.5. The zero-order valence-electron chi connectivity index (χ0n) is 38.8. The molecular formula is C49H48Cl3F4N5O10. The van der Waals surface area contributed by atoms with Gasteiger partial charge >= 0.3 is 17.5 Å². The highest BCUT2D eigenvalue weighted by Crippen LogP contribution is 2.45. The molecular weight excluding hydrogens is 1000 g/mol. The Hall–Kier alpha value is -6.67. The van der Waals surface area contributed by atoms with Crippen LogP contribution >= 0.6 is 35.6 Å². The molecule has 6 aromatic rings. The molecule has 1 atom stereocenters. The number of H-pyrrole nitrogens is 2. The average molecular weight is 1050 g/mol. The van der Waals surface area contributed by atoms with Crippen molar-refractivity contribution in [1.29, 1.82) is 0 Å². The number of benzene rings is 4. The fraction of sp³-hybridized carbons (Fsp3) is 0.306. The predicted molar refractivity (Wildman–Crippen MR) is 262 cm³/mol. The lowest BCUT2D eigenvalue weighted by atomic mass is 9.90. The van der Waals surface area contributed by atoms with E-state index in [-0.39, 0.29) is 36.7 Å². The number of ether oxygens (including phenoxy) is 1. The van der Waals surface area contributed by atoms with E-state index in [1.54, 1.807) is 55.5 Å². The lowest BCUT2D eigenvalue weighted by Gasteiger charge is -2.31. The Morgan fingerprint density at radius 3 is 1.97 bits per heavy atom. The third-order valence-corrected chi connectivity index (χ3v) is 11.2. The van der Waals surface area contributed by atoms with Crippen LogP contribution in [-0.2, 0) is 32.0 Å². The first-order valence-electron chi connectivity index (χ1n) is 21.6. The predicted octanol–water partition coefficient (Wildman–Crippen LogP) is 9.24.